The monoisotopic (exact) mass is 454 g/mol. The standard InChI is InChI=1S/C27H34O6/c1-24-11-8-18-26(3,17(24)7-6-16(24)15-10-13-33-14-15)22(30)20(29)21-25(2,23(31)32-5)12-9-19(28)27(18,21)4/h7,9-10,12-14,16,18,20-22,29-30H,6,8,11H2,1-5H3/t16-,18-,20+,21-,22+,24+,25-,26-,27-/m0/s1. The highest BCUT2D eigenvalue weighted by Gasteiger charge is 2.73. The van der Waals surface area contributed by atoms with Crippen LogP contribution in [0.5, 0.6) is 0 Å². The zero-order valence-electron chi connectivity index (χ0n) is 20.0. The third-order valence-corrected chi connectivity index (χ3v) is 10.2. The molecule has 2 fully saturated rings. The molecule has 5 rings (SSSR count). The van der Waals surface area contributed by atoms with E-state index >= 15 is 0 Å². The van der Waals surface area contributed by atoms with Crippen molar-refractivity contribution in [3.63, 3.8) is 0 Å². The molecule has 33 heavy (non-hydrogen) atoms. The number of hydrogen-bond donors (Lipinski definition) is 2. The minimum absolute atomic E-state index is 0.0929. The molecule has 0 bridgehead atoms. The molecule has 9 atom stereocenters. The van der Waals surface area contributed by atoms with Gasteiger partial charge in [0.25, 0.3) is 0 Å². The van der Waals surface area contributed by atoms with Gasteiger partial charge in [0.2, 0.25) is 0 Å². The number of furan rings is 1. The molecule has 4 aliphatic carbocycles. The molecule has 1 aromatic heterocycles. The van der Waals surface area contributed by atoms with Crippen LogP contribution in [0.2, 0.25) is 0 Å². The number of carbonyl (C=O) groups is 2. The fourth-order valence-electron chi connectivity index (χ4n) is 8.62. The van der Waals surface area contributed by atoms with Crippen LogP contribution in [0.4, 0.5) is 0 Å². The van der Waals surface area contributed by atoms with Gasteiger partial charge in [-0.15, -0.1) is 0 Å². The summed E-state index contributed by atoms with van der Waals surface area (Å²) in [7, 11) is 1.32. The van der Waals surface area contributed by atoms with Gasteiger partial charge in [-0.05, 0) is 61.1 Å². The quantitative estimate of drug-likeness (QED) is 0.521. The molecule has 6 heteroatoms. The average Bonchev–Trinajstić information content (AvgIpc) is 3.42. The number of methoxy groups -OCH3 is 1. The van der Waals surface area contributed by atoms with Crippen molar-refractivity contribution in [3.8, 4) is 0 Å². The number of allylic oxidation sites excluding steroid dienone is 2. The van der Waals surface area contributed by atoms with Gasteiger partial charge >= 0.3 is 5.97 Å². The average molecular weight is 455 g/mol. The number of rotatable bonds is 2. The molecule has 1 heterocycles. The molecule has 178 valence electrons. The molecule has 0 aromatic carbocycles. The molecule has 2 saturated carbocycles. The van der Waals surface area contributed by atoms with E-state index < -0.39 is 40.3 Å². The lowest BCUT2D eigenvalue weighted by Gasteiger charge is -2.66. The first-order valence-corrected chi connectivity index (χ1v) is 11.9. The van der Waals surface area contributed by atoms with Crippen LogP contribution in [0.25, 0.3) is 0 Å². The molecule has 0 aliphatic heterocycles. The van der Waals surface area contributed by atoms with Crippen molar-refractivity contribution in [2.24, 2.45) is 33.5 Å². The smallest absolute Gasteiger partial charge is 0.315 e. The molecule has 0 unspecified atom stereocenters. The van der Waals surface area contributed by atoms with E-state index in [4.69, 9.17) is 9.15 Å². The minimum Gasteiger partial charge on any atom is -0.472 e. The molecular weight excluding hydrogens is 420 g/mol. The number of carbonyl (C=O) groups excluding carboxylic acids is 2. The van der Waals surface area contributed by atoms with Crippen LogP contribution in [0.3, 0.4) is 0 Å². The Labute approximate surface area is 194 Å². The fourth-order valence-corrected chi connectivity index (χ4v) is 8.62. The summed E-state index contributed by atoms with van der Waals surface area (Å²) >= 11 is 0. The van der Waals surface area contributed by atoms with Crippen molar-refractivity contribution in [1.29, 1.82) is 0 Å². The number of fused-ring (bicyclic) bond motifs is 5. The lowest BCUT2D eigenvalue weighted by atomic mass is 9.37. The van der Waals surface area contributed by atoms with Gasteiger partial charge in [0.1, 0.15) is 0 Å². The van der Waals surface area contributed by atoms with Crippen LogP contribution in [0, 0.1) is 33.5 Å². The van der Waals surface area contributed by atoms with Crippen LogP contribution in [0.15, 0.2) is 46.8 Å². The topological polar surface area (TPSA) is 97.0 Å². The highest BCUT2D eigenvalue weighted by atomic mass is 16.5. The van der Waals surface area contributed by atoms with Gasteiger partial charge in [-0.2, -0.15) is 0 Å². The van der Waals surface area contributed by atoms with E-state index in [9.17, 15) is 19.8 Å². The van der Waals surface area contributed by atoms with Gasteiger partial charge in [-0.1, -0.05) is 38.5 Å². The summed E-state index contributed by atoms with van der Waals surface area (Å²) in [5, 5.41) is 23.3. The summed E-state index contributed by atoms with van der Waals surface area (Å²) in [5.41, 5.74) is -0.974. The Bertz CT molecular complexity index is 1050. The number of aliphatic hydroxyl groups excluding tert-OH is 2. The Hall–Kier alpha value is -2.18. The minimum atomic E-state index is -1.26. The Morgan fingerprint density at radius 2 is 1.91 bits per heavy atom. The zero-order chi connectivity index (χ0) is 24.0. The molecule has 0 spiro atoms. The van der Waals surface area contributed by atoms with Crippen molar-refractivity contribution in [2.45, 2.75) is 65.1 Å². The summed E-state index contributed by atoms with van der Waals surface area (Å²) < 4.78 is 10.5. The molecule has 1 aromatic rings. The first-order valence-electron chi connectivity index (χ1n) is 11.9. The second-order valence-corrected chi connectivity index (χ2v) is 11.4. The Morgan fingerprint density at radius 3 is 2.55 bits per heavy atom. The van der Waals surface area contributed by atoms with Crippen LogP contribution < -0.4 is 0 Å². The van der Waals surface area contributed by atoms with Gasteiger partial charge in [-0.3, -0.25) is 9.59 Å². The molecule has 4 aliphatic rings. The van der Waals surface area contributed by atoms with Gasteiger partial charge in [-0.25, -0.2) is 0 Å². The second kappa shape index (κ2) is 6.92. The van der Waals surface area contributed by atoms with Gasteiger partial charge in [0.15, 0.2) is 5.78 Å². The van der Waals surface area contributed by atoms with E-state index in [1.165, 1.54) is 13.2 Å². The molecule has 0 saturated heterocycles. The van der Waals surface area contributed by atoms with Crippen molar-refractivity contribution < 1.29 is 29.0 Å². The molecule has 0 amide bonds. The highest BCUT2D eigenvalue weighted by Crippen LogP contribution is 2.72. The van der Waals surface area contributed by atoms with Crippen molar-refractivity contribution in [3.05, 3.63) is 48.0 Å². The summed E-state index contributed by atoms with van der Waals surface area (Å²) in [6.45, 7) is 7.84. The highest BCUT2D eigenvalue weighted by molar-refractivity contribution is 5.99. The number of ketones is 1. The molecule has 0 radical (unpaired) electrons. The van der Waals surface area contributed by atoms with Crippen LogP contribution in [-0.2, 0) is 14.3 Å². The summed E-state index contributed by atoms with van der Waals surface area (Å²) in [6.07, 6.45) is 8.77. The largest absolute Gasteiger partial charge is 0.472 e. The number of ether oxygens (including phenoxy) is 1. The van der Waals surface area contributed by atoms with E-state index in [-0.39, 0.29) is 23.0 Å². The normalized spacial score (nSPS) is 48.5. The maximum Gasteiger partial charge on any atom is 0.315 e. The Balaban J connectivity index is 1.65. The fraction of sp³-hybridized carbons (Fsp3) is 0.630. The summed E-state index contributed by atoms with van der Waals surface area (Å²) in [6, 6.07) is 2.00. The summed E-state index contributed by atoms with van der Waals surface area (Å²) in [5.74, 6) is -1.37. The maximum atomic E-state index is 13.6. The second-order valence-electron chi connectivity index (χ2n) is 11.4. The SMILES string of the molecule is COC(=O)[C@@]1(C)C=CC(=O)[C@]2(C)[C@H]3CC[C@@]4(C)C(=CC[C@H]4c4ccoc4)[C@]3(C)[C@H](O)[C@H](O)[C@H]21. The first-order chi connectivity index (χ1) is 15.5. The van der Waals surface area contributed by atoms with Gasteiger partial charge < -0.3 is 19.4 Å². The van der Waals surface area contributed by atoms with Gasteiger partial charge in [0, 0.05) is 16.7 Å². The summed E-state index contributed by atoms with van der Waals surface area (Å²) in [4.78, 5) is 26.5. The molecule has 2 N–H and O–H groups in total. The van der Waals surface area contributed by atoms with Crippen LogP contribution >= 0.6 is 0 Å². The van der Waals surface area contributed by atoms with Crippen molar-refractivity contribution >= 4 is 11.8 Å². The predicted molar refractivity (Wildman–Crippen MR) is 121 cm³/mol. The Kier molecular flexibility index (Phi) is 4.74. The van der Waals surface area contributed by atoms with Crippen molar-refractivity contribution in [1.82, 2.24) is 0 Å². The predicted octanol–water partition coefficient (Wildman–Crippen LogP) is 3.79. The van der Waals surface area contributed by atoms with Crippen molar-refractivity contribution in [2.75, 3.05) is 7.11 Å². The number of hydrogen-bond acceptors (Lipinski definition) is 6. The zero-order valence-corrected chi connectivity index (χ0v) is 20.0. The Morgan fingerprint density at radius 1 is 1.18 bits per heavy atom. The number of esters is 1. The molecular formula is C27H34O6. The van der Waals surface area contributed by atoms with Gasteiger partial charge in [0.05, 0.1) is 37.3 Å². The van der Waals surface area contributed by atoms with E-state index in [1.807, 2.05) is 19.9 Å². The lowest BCUT2D eigenvalue weighted by Crippen LogP contribution is -2.71. The van der Waals surface area contributed by atoms with E-state index in [2.05, 4.69) is 13.0 Å². The first kappa shape index (κ1) is 22.6. The molecule has 6 nitrogen and oxygen atoms in total. The third kappa shape index (κ3) is 2.51. The third-order valence-electron chi connectivity index (χ3n) is 10.2. The van der Waals surface area contributed by atoms with E-state index in [1.54, 1.807) is 25.5 Å². The van der Waals surface area contributed by atoms with Crippen LogP contribution in [-0.4, -0.2) is 41.3 Å². The number of aliphatic hydroxyl groups is 2. The van der Waals surface area contributed by atoms with E-state index in [0.717, 1.165) is 24.0 Å². The lowest BCUT2D eigenvalue weighted by molar-refractivity contribution is -0.226. The van der Waals surface area contributed by atoms with E-state index in [0.29, 0.717) is 6.42 Å². The van der Waals surface area contributed by atoms with Crippen LogP contribution in [0.1, 0.15) is 58.4 Å². The maximum absolute atomic E-state index is 13.6.